The Morgan fingerprint density at radius 3 is 2.82 bits per heavy atom. The van der Waals surface area contributed by atoms with Crippen molar-refractivity contribution >= 4 is 32.7 Å². The lowest BCUT2D eigenvalue weighted by molar-refractivity contribution is 0.0987. The van der Waals surface area contributed by atoms with Gasteiger partial charge >= 0.3 is 5.63 Å². The summed E-state index contributed by atoms with van der Waals surface area (Å²) in [6.07, 6.45) is 0.630. The van der Waals surface area contributed by atoms with Gasteiger partial charge in [0.15, 0.2) is 5.78 Å². The summed E-state index contributed by atoms with van der Waals surface area (Å²) in [6, 6.07) is 8.72. The zero-order chi connectivity index (χ0) is 12.4. The normalized spacial score (nSPS) is 12.6. The fraction of sp³-hybridized carbons (Fsp3) is 0.231. The molecule has 1 aromatic carbocycles. The van der Waals surface area contributed by atoms with Crippen molar-refractivity contribution in [2.24, 2.45) is 0 Å². The summed E-state index contributed by atoms with van der Waals surface area (Å²) in [4.78, 5) is 23.3. The first-order valence-electron chi connectivity index (χ1n) is 5.34. The zero-order valence-corrected chi connectivity index (χ0v) is 10.9. The number of fused-ring (bicyclic) bond motifs is 1. The quantitative estimate of drug-likeness (QED) is 0.496. The van der Waals surface area contributed by atoms with Crippen molar-refractivity contribution < 1.29 is 9.21 Å². The lowest BCUT2D eigenvalue weighted by Crippen LogP contribution is -2.21. The van der Waals surface area contributed by atoms with Crippen molar-refractivity contribution in [3.8, 4) is 0 Å². The lowest BCUT2D eigenvalue weighted by Gasteiger charge is -2.05. The molecule has 0 amide bonds. The van der Waals surface area contributed by atoms with E-state index in [2.05, 4.69) is 15.9 Å². The first kappa shape index (κ1) is 12.0. The van der Waals surface area contributed by atoms with Crippen molar-refractivity contribution in [1.29, 1.82) is 0 Å². The standard InChI is InChI=1S/C13H11BrO3/c1-2-10(14)12(15)9-7-8-5-3-4-6-11(8)17-13(9)16/h3-7,10H,2H2,1H3. The molecular weight excluding hydrogens is 284 g/mol. The van der Waals surface area contributed by atoms with Crippen molar-refractivity contribution in [2.45, 2.75) is 18.2 Å². The van der Waals surface area contributed by atoms with Crippen LogP contribution in [0.3, 0.4) is 0 Å². The number of rotatable bonds is 3. The van der Waals surface area contributed by atoms with Crippen LogP contribution in [-0.4, -0.2) is 10.6 Å². The summed E-state index contributed by atoms with van der Waals surface area (Å²) in [5, 5.41) is 0.756. The number of benzene rings is 1. The minimum Gasteiger partial charge on any atom is -0.422 e. The van der Waals surface area contributed by atoms with Crippen molar-refractivity contribution in [1.82, 2.24) is 0 Å². The monoisotopic (exact) mass is 294 g/mol. The summed E-state index contributed by atoms with van der Waals surface area (Å²) in [7, 11) is 0. The van der Waals surface area contributed by atoms with E-state index >= 15 is 0 Å². The van der Waals surface area contributed by atoms with E-state index in [1.807, 2.05) is 19.1 Å². The largest absolute Gasteiger partial charge is 0.422 e. The Hall–Kier alpha value is -1.42. The molecule has 0 aliphatic heterocycles. The topological polar surface area (TPSA) is 47.3 Å². The van der Waals surface area contributed by atoms with Crippen LogP contribution in [0.2, 0.25) is 0 Å². The minimum atomic E-state index is -0.577. The molecule has 0 aliphatic carbocycles. The molecule has 2 rings (SSSR count). The number of halogens is 1. The predicted octanol–water partition coefficient (Wildman–Crippen LogP) is 3.15. The molecule has 88 valence electrons. The van der Waals surface area contributed by atoms with Crippen LogP contribution in [0.15, 0.2) is 39.5 Å². The van der Waals surface area contributed by atoms with Gasteiger partial charge in [0.2, 0.25) is 0 Å². The van der Waals surface area contributed by atoms with Gasteiger partial charge < -0.3 is 4.42 Å². The molecule has 0 spiro atoms. The molecule has 17 heavy (non-hydrogen) atoms. The predicted molar refractivity (Wildman–Crippen MR) is 69.8 cm³/mol. The van der Waals surface area contributed by atoms with E-state index < -0.39 is 5.63 Å². The molecular formula is C13H11BrO3. The molecule has 0 bridgehead atoms. The summed E-state index contributed by atoms with van der Waals surface area (Å²) < 4.78 is 5.11. The Bertz CT molecular complexity index is 615. The average Bonchev–Trinajstić information content (AvgIpc) is 2.36. The van der Waals surface area contributed by atoms with Crippen LogP contribution in [0.5, 0.6) is 0 Å². The fourth-order valence-corrected chi connectivity index (χ4v) is 1.83. The number of hydrogen-bond donors (Lipinski definition) is 0. The van der Waals surface area contributed by atoms with Gasteiger partial charge in [0.25, 0.3) is 0 Å². The molecule has 3 nitrogen and oxygen atoms in total. The molecule has 0 fully saturated rings. The van der Waals surface area contributed by atoms with E-state index in [0.29, 0.717) is 12.0 Å². The molecule has 2 aromatic rings. The van der Waals surface area contributed by atoms with E-state index in [1.165, 1.54) is 0 Å². The third-order valence-corrected chi connectivity index (χ3v) is 3.61. The molecule has 0 saturated carbocycles. The smallest absolute Gasteiger partial charge is 0.347 e. The molecule has 4 heteroatoms. The number of ketones is 1. The first-order valence-corrected chi connectivity index (χ1v) is 6.26. The SMILES string of the molecule is CCC(Br)C(=O)c1cc2ccccc2oc1=O. The summed E-state index contributed by atoms with van der Waals surface area (Å²) in [5.74, 6) is -0.230. The number of carbonyl (C=O) groups is 1. The summed E-state index contributed by atoms with van der Waals surface area (Å²) in [5.41, 5.74) is 0.0238. The maximum atomic E-state index is 11.9. The highest BCUT2D eigenvalue weighted by atomic mass is 79.9. The van der Waals surface area contributed by atoms with Crippen LogP contribution >= 0.6 is 15.9 Å². The fourth-order valence-electron chi connectivity index (χ4n) is 1.59. The lowest BCUT2D eigenvalue weighted by atomic mass is 10.1. The highest BCUT2D eigenvalue weighted by molar-refractivity contribution is 9.10. The number of hydrogen-bond acceptors (Lipinski definition) is 3. The number of carbonyl (C=O) groups excluding carboxylic acids is 1. The van der Waals surface area contributed by atoms with Gasteiger partial charge in [0.1, 0.15) is 11.1 Å². The van der Waals surface area contributed by atoms with Gasteiger partial charge in [-0.1, -0.05) is 41.1 Å². The third-order valence-electron chi connectivity index (χ3n) is 2.55. The molecule has 1 unspecified atom stereocenters. The maximum absolute atomic E-state index is 11.9. The van der Waals surface area contributed by atoms with Gasteiger partial charge in [0, 0.05) is 5.39 Å². The van der Waals surface area contributed by atoms with Crippen LogP contribution in [0.1, 0.15) is 23.7 Å². The van der Waals surface area contributed by atoms with Gasteiger partial charge in [-0.15, -0.1) is 0 Å². The Labute approximate surface area is 107 Å². The van der Waals surface area contributed by atoms with Crippen molar-refractivity contribution in [2.75, 3.05) is 0 Å². The van der Waals surface area contributed by atoms with Gasteiger partial charge in [-0.3, -0.25) is 4.79 Å². The Kier molecular flexibility index (Phi) is 3.43. The molecule has 0 radical (unpaired) electrons. The number of Topliss-reactive ketones (excluding diaryl/α,β-unsaturated/α-hetero) is 1. The van der Waals surface area contributed by atoms with E-state index in [4.69, 9.17) is 4.42 Å². The first-order chi connectivity index (χ1) is 8.13. The van der Waals surface area contributed by atoms with E-state index in [-0.39, 0.29) is 16.2 Å². The highest BCUT2D eigenvalue weighted by Crippen LogP contribution is 2.16. The van der Waals surface area contributed by atoms with Crippen LogP contribution in [0.4, 0.5) is 0 Å². The van der Waals surface area contributed by atoms with Crippen molar-refractivity contribution in [3.63, 3.8) is 0 Å². The highest BCUT2D eigenvalue weighted by Gasteiger charge is 2.19. The van der Waals surface area contributed by atoms with E-state index in [0.717, 1.165) is 5.39 Å². The van der Waals surface area contributed by atoms with Gasteiger partial charge in [-0.05, 0) is 18.6 Å². The minimum absolute atomic E-state index is 0.104. The van der Waals surface area contributed by atoms with Crippen LogP contribution in [0.25, 0.3) is 11.0 Å². The number of alkyl halides is 1. The molecule has 1 aromatic heterocycles. The average molecular weight is 295 g/mol. The Morgan fingerprint density at radius 2 is 2.12 bits per heavy atom. The van der Waals surface area contributed by atoms with Crippen LogP contribution < -0.4 is 5.63 Å². The van der Waals surface area contributed by atoms with Crippen LogP contribution in [-0.2, 0) is 0 Å². The van der Waals surface area contributed by atoms with Crippen LogP contribution in [0, 0.1) is 0 Å². The van der Waals surface area contributed by atoms with E-state index in [1.54, 1.807) is 18.2 Å². The molecule has 0 aliphatic rings. The molecule has 0 N–H and O–H groups in total. The van der Waals surface area contributed by atoms with E-state index in [9.17, 15) is 9.59 Å². The van der Waals surface area contributed by atoms with Crippen molar-refractivity contribution in [3.05, 3.63) is 46.3 Å². The second kappa shape index (κ2) is 4.84. The molecule has 1 atom stereocenters. The second-order valence-corrected chi connectivity index (χ2v) is 4.83. The second-order valence-electron chi connectivity index (χ2n) is 3.73. The number of para-hydroxylation sites is 1. The molecule has 0 saturated heterocycles. The van der Waals surface area contributed by atoms with Gasteiger partial charge in [-0.2, -0.15) is 0 Å². The summed E-state index contributed by atoms with van der Waals surface area (Å²) >= 11 is 3.25. The zero-order valence-electron chi connectivity index (χ0n) is 9.27. The summed E-state index contributed by atoms with van der Waals surface area (Å²) in [6.45, 7) is 1.87. The Morgan fingerprint density at radius 1 is 1.41 bits per heavy atom. The third kappa shape index (κ3) is 2.31. The van der Waals surface area contributed by atoms with Gasteiger partial charge in [-0.25, -0.2) is 4.79 Å². The molecule has 1 heterocycles. The Balaban J connectivity index is 2.59. The van der Waals surface area contributed by atoms with Gasteiger partial charge in [0.05, 0.1) is 4.83 Å². The maximum Gasteiger partial charge on any atom is 0.347 e.